The third-order valence-corrected chi connectivity index (χ3v) is 4.99. The van der Waals surface area contributed by atoms with Gasteiger partial charge in [-0.1, -0.05) is 12.1 Å². The van der Waals surface area contributed by atoms with Crippen LogP contribution in [0.1, 0.15) is 84.4 Å². The molecule has 2 aromatic rings. The Bertz CT molecular complexity index is 1060. The summed E-state index contributed by atoms with van der Waals surface area (Å²) in [6.07, 6.45) is 0.838. The van der Waals surface area contributed by atoms with E-state index in [1.54, 1.807) is 78.8 Å². The average Bonchev–Trinajstić information content (AvgIpc) is 3.45. The summed E-state index contributed by atoms with van der Waals surface area (Å²) in [5, 5.41) is 9.87. The van der Waals surface area contributed by atoms with E-state index < -0.39 is 29.3 Å². The number of nitrogens with zero attached hydrogens (tertiary/aromatic N) is 2. The number of hydrogen-bond acceptors (Lipinski definition) is 6. The zero-order valence-corrected chi connectivity index (χ0v) is 20.9. The average molecular weight is 471 g/mol. The maximum atomic E-state index is 13.0. The van der Waals surface area contributed by atoms with Crippen molar-refractivity contribution in [3.05, 3.63) is 41.6 Å². The van der Waals surface area contributed by atoms with Crippen molar-refractivity contribution in [1.82, 2.24) is 9.78 Å². The lowest BCUT2D eigenvalue weighted by Crippen LogP contribution is -2.30. The molecular weight excluding hydrogens is 436 g/mol. The highest BCUT2D eigenvalue weighted by molar-refractivity contribution is 5.96. The SMILES string of the molecule is C[C@@H](C(=O)Nc1cc(C2CC2)nn1C(=O)OC(C)(C)C)c1ccc(NC(=O)OC(C)(C)C)cc1. The zero-order chi connectivity index (χ0) is 25.3. The summed E-state index contributed by atoms with van der Waals surface area (Å²) in [7, 11) is 0. The fraction of sp³-hybridized carbons (Fsp3) is 0.520. The van der Waals surface area contributed by atoms with E-state index in [-0.39, 0.29) is 11.7 Å². The van der Waals surface area contributed by atoms with Crippen LogP contribution < -0.4 is 10.6 Å². The van der Waals surface area contributed by atoms with E-state index in [1.807, 2.05) is 0 Å². The van der Waals surface area contributed by atoms with E-state index in [9.17, 15) is 14.4 Å². The predicted octanol–water partition coefficient (Wildman–Crippen LogP) is 5.63. The monoisotopic (exact) mass is 470 g/mol. The minimum absolute atomic E-state index is 0.288. The molecule has 0 unspecified atom stereocenters. The molecule has 34 heavy (non-hydrogen) atoms. The van der Waals surface area contributed by atoms with Gasteiger partial charge < -0.3 is 14.8 Å². The highest BCUT2D eigenvalue weighted by Crippen LogP contribution is 2.40. The molecule has 9 nitrogen and oxygen atoms in total. The number of benzene rings is 1. The first-order valence-electron chi connectivity index (χ1n) is 11.5. The zero-order valence-electron chi connectivity index (χ0n) is 20.9. The van der Waals surface area contributed by atoms with Crippen molar-refractivity contribution in [2.75, 3.05) is 10.6 Å². The van der Waals surface area contributed by atoms with Gasteiger partial charge in [-0.2, -0.15) is 5.10 Å². The van der Waals surface area contributed by atoms with Crippen LogP contribution in [0, 0.1) is 0 Å². The highest BCUT2D eigenvalue weighted by atomic mass is 16.6. The molecule has 0 spiro atoms. The maximum Gasteiger partial charge on any atom is 0.437 e. The van der Waals surface area contributed by atoms with Gasteiger partial charge in [-0.3, -0.25) is 10.1 Å². The lowest BCUT2D eigenvalue weighted by Gasteiger charge is -2.20. The Morgan fingerprint density at radius 2 is 1.56 bits per heavy atom. The molecule has 1 fully saturated rings. The summed E-state index contributed by atoms with van der Waals surface area (Å²) < 4.78 is 11.8. The van der Waals surface area contributed by atoms with Crippen LogP contribution >= 0.6 is 0 Å². The van der Waals surface area contributed by atoms with E-state index in [0.29, 0.717) is 11.6 Å². The van der Waals surface area contributed by atoms with Gasteiger partial charge in [0.25, 0.3) is 0 Å². The van der Waals surface area contributed by atoms with Gasteiger partial charge in [-0.05, 0) is 79.0 Å². The van der Waals surface area contributed by atoms with Crippen LogP contribution in [0.15, 0.2) is 30.3 Å². The molecule has 0 saturated heterocycles. The number of ether oxygens (including phenoxy) is 2. The van der Waals surface area contributed by atoms with Gasteiger partial charge in [0.05, 0.1) is 11.6 Å². The Labute approximate surface area is 200 Å². The molecule has 2 amide bonds. The van der Waals surface area contributed by atoms with Gasteiger partial charge in [0, 0.05) is 17.7 Å². The van der Waals surface area contributed by atoms with E-state index >= 15 is 0 Å². The minimum Gasteiger partial charge on any atom is -0.444 e. The topological polar surface area (TPSA) is 112 Å². The predicted molar refractivity (Wildman–Crippen MR) is 129 cm³/mol. The molecule has 1 aliphatic rings. The second kappa shape index (κ2) is 9.48. The summed E-state index contributed by atoms with van der Waals surface area (Å²) in [5.41, 5.74) is 0.793. The highest BCUT2D eigenvalue weighted by Gasteiger charge is 2.31. The number of carbonyl (C=O) groups excluding carboxylic acids is 3. The van der Waals surface area contributed by atoms with Crippen molar-refractivity contribution in [3.63, 3.8) is 0 Å². The number of hydrogen-bond donors (Lipinski definition) is 2. The molecule has 0 bridgehead atoms. The van der Waals surface area contributed by atoms with Gasteiger partial charge in [0.15, 0.2) is 0 Å². The smallest absolute Gasteiger partial charge is 0.437 e. The molecule has 1 aliphatic carbocycles. The summed E-state index contributed by atoms with van der Waals surface area (Å²) in [5.74, 6) is -0.208. The van der Waals surface area contributed by atoms with E-state index in [2.05, 4.69) is 15.7 Å². The number of nitrogens with one attached hydrogen (secondary N) is 2. The molecule has 3 rings (SSSR count). The van der Waals surface area contributed by atoms with Crippen LogP contribution in [-0.4, -0.2) is 39.1 Å². The summed E-state index contributed by atoms with van der Waals surface area (Å²) in [4.78, 5) is 37.6. The Morgan fingerprint density at radius 1 is 0.971 bits per heavy atom. The largest absolute Gasteiger partial charge is 0.444 e. The molecule has 1 aromatic carbocycles. The van der Waals surface area contributed by atoms with Gasteiger partial charge in [0.2, 0.25) is 5.91 Å². The van der Waals surface area contributed by atoms with Crippen LogP contribution in [0.4, 0.5) is 21.1 Å². The first-order valence-corrected chi connectivity index (χ1v) is 11.5. The molecule has 184 valence electrons. The van der Waals surface area contributed by atoms with Gasteiger partial charge in [0.1, 0.15) is 17.0 Å². The van der Waals surface area contributed by atoms with Crippen LogP contribution in [-0.2, 0) is 14.3 Å². The molecule has 9 heteroatoms. The van der Waals surface area contributed by atoms with Gasteiger partial charge in [-0.15, -0.1) is 4.68 Å². The summed E-state index contributed by atoms with van der Waals surface area (Å²) in [6, 6.07) is 8.67. The first kappa shape index (κ1) is 25.3. The summed E-state index contributed by atoms with van der Waals surface area (Å²) >= 11 is 0. The number of aromatic nitrogens is 2. The third-order valence-electron chi connectivity index (χ3n) is 4.99. The third kappa shape index (κ3) is 7.07. The molecule has 1 heterocycles. The minimum atomic E-state index is -0.688. The quantitative estimate of drug-likeness (QED) is 0.585. The van der Waals surface area contributed by atoms with Crippen molar-refractivity contribution in [2.24, 2.45) is 0 Å². The fourth-order valence-corrected chi connectivity index (χ4v) is 3.17. The molecule has 2 N–H and O–H groups in total. The fourth-order valence-electron chi connectivity index (χ4n) is 3.17. The van der Waals surface area contributed by atoms with Crippen LogP contribution in [0.25, 0.3) is 0 Å². The van der Waals surface area contributed by atoms with Gasteiger partial charge >= 0.3 is 12.2 Å². The lowest BCUT2D eigenvalue weighted by molar-refractivity contribution is -0.117. The van der Waals surface area contributed by atoms with Crippen molar-refractivity contribution >= 4 is 29.6 Å². The summed E-state index contributed by atoms with van der Waals surface area (Å²) in [6.45, 7) is 12.5. The first-order chi connectivity index (χ1) is 15.7. The van der Waals surface area contributed by atoms with Crippen LogP contribution in [0.5, 0.6) is 0 Å². The molecule has 1 atom stereocenters. The molecular formula is C25H34N4O5. The standard InChI is InChI=1S/C25H34N4O5/c1-15(16-10-12-18(13-11-16)26-22(31)33-24(2,3)4)21(30)27-20-14-19(17-8-9-17)28-29(20)23(32)34-25(5,6)7/h10-15,17H,8-9H2,1-7H3,(H,26,31)(H,27,30)/t15-/m1/s1. The van der Waals surface area contributed by atoms with Crippen molar-refractivity contribution in [2.45, 2.75) is 84.3 Å². The van der Waals surface area contributed by atoms with Crippen molar-refractivity contribution in [1.29, 1.82) is 0 Å². The normalized spacial score (nSPS) is 14.8. The van der Waals surface area contributed by atoms with Crippen molar-refractivity contribution < 1.29 is 23.9 Å². The Hall–Kier alpha value is -3.36. The Morgan fingerprint density at radius 3 is 2.09 bits per heavy atom. The molecule has 1 saturated carbocycles. The molecule has 0 aliphatic heterocycles. The number of amides is 2. The Balaban J connectivity index is 1.69. The maximum absolute atomic E-state index is 13.0. The number of carbonyl (C=O) groups is 3. The van der Waals surface area contributed by atoms with E-state index in [0.717, 1.165) is 28.8 Å². The lowest BCUT2D eigenvalue weighted by atomic mass is 10.00. The van der Waals surface area contributed by atoms with E-state index in [1.165, 1.54) is 0 Å². The molecule has 0 radical (unpaired) electrons. The second-order valence-electron chi connectivity index (χ2n) is 10.6. The van der Waals surface area contributed by atoms with Gasteiger partial charge in [-0.25, -0.2) is 9.59 Å². The number of anilines is 2. The number of rotatable bonds is 5. The Kier molecular flexibility index (Phi) is 7.05. The van der Waals surface area contributed by atoms with Crippen LogP contribution in [0.3, 0.4) is 0 Å². The van der Waals surface area contributed by atoms with Crippen LogP contribution in [0.2, 0.25) is 0 Å². The second-order valence-corrected chi connectivity index (χ2v) is 10.6. The van der Waals surface area contributed by atoms with Crippen molar-refractivity contribution in [3.8, 4) is 0 Å². The molecule has 1 aromatic heterocycles. The van der Waals surface area contributed by atoms with E-state index in [4.69, 9.17) is 9.47 Å².